The standard InChI is InChI=1S/C25H24N4O3S2/c26-34(31,32)20-12-10-18(11-13-20)28-25-29(19-6-2-1-3-7-19)24(30)23(33-25)16-17-14-15-27-22-9-5-4-8-21(17)22/h4-5,8-16,19H,1-3,6-7H2,(H2,26,31,32). The summed E-state index contributed by atoms with van der Waals surface area (Å²) in [7, 11) is -3.78. The summed E-state index contributed by atoms with van der Waals surface area (Å²) < 4.78 is 23.1. The van der Waals surface area contributed by atoms with E-state index in [-0.39, 0.29) is 16.8 Å². The van der Waals surface area contributed by atoms with Crippen molar-refractivity contribution in [3.05, 3.63) is 71.3 Å². The molecule has 7 nitrogen and oxygen atoms in total. The maximum Gasteiger partial charge on any atom is 0.267 e. The molecule has 2 aromatic carbocycles. The topological polar surface area (TPSA) is 106 Å². The molecule has 9 heteroatoms. The molecular weight excluding hydrogens is 468 g/mol. The largest absolute Gasteiger partial charge is 0.283 e. The van der Waals surface area contributed by atoms with E-state index >= 15 is 0 Å². The third kappa shape index (κ3) is 4.64. The number of nitrogens with zero attached hydrogens (tertiary/aromatic N) is 3. The van der Waals surface area contributed by atoms with E-state index in [2.05, 4.69) is 4.98 Å². The molecule has 1 aliphatic carbocycles. The van der Waals surface area contributed by atoms with Crippen molar-refractivity contribution in [1.29, 1.82) is 0 Å². The number of carbonyl (C=O) groups is 1. The number of fused-ring (bicyclic) bond motifs is 1. The Morgan fingerprint density at radius 2 is 1.76 bits per heavy atom. The van der Waals surface area contributed by atoms with Crippen LogP contribution in [-0.2, 0) is 14.8 Å². The minimum atomic E-state index is -3.78. The van der Waals surface area contributed by atoms with Crippen molar-refractivity contribution in [1.82, 2.24) is 9.88 Å². The molecule has 174 valence electrons. The number of benzene rings is 2. The van der Waals surface area contributed by atoms with Crippen molar-refractivity contribution in [2.24, 2.45) is 10.1 Å². The Labute approximate surface area is 202 Å². The Morgan fingerprint density at radius 1 is 1.03 bits per heavy atom. The van der Waals surface area contributed by atoms with E-state index in [1.54, 1.807) is 18.3 Å². The number of hydrogen-bond donors (Lipinski definition) is 1. The summed E-state index contributed by atoms with van der Waals surface area (Å²) >= 11 is 1.35. The molecule has 2 heterocycles. The van der Waals surface area contributed by atoms with Crippen LogP contribution in [0.15, 0.2) is 75.6 Å². The number of thioether (sulfide) groups is 1. The van der Waals surface area contributed by atoms with E-state index in [4.69, 9.17) is 10.1 Å². The number of pyridine rings is 1. The summed E-state index contributed by atoms with van der Waals surface area (Å²) in [6.45, 7) is 0. The number of sulfonamides is 1. The number of carbonyl (C=O) groups excluding carboxylic acids is 1. The van der Waals surface area contributed by atoms with Gasteiger partial charge in [-0.3, -0.25) is 14.7 Å². The van der Waals surface area contributed by atoms with Crippen LogP contribution < -0.4 is 5.14 Å². The first-order chi connectivity index (χ1) is 16.4. The van der Waals surface area contributed by atoms with Gasteiger partial charge in [0.05, 0.1) is 21.0 Å². The Hall–Kier alpha value is -3.01. The summed E-state index contributed by atoms with van der Waals surface area (Å²) in [4.78, 5) is 25.2. The van der Waals surface area contributed by atoms with Gasteiger partial charge in [0.25, 0.3) is 5.91 Å². The Kier molecular flexibility index (Phi) is 6.24. The molecule has 1 saturated carbocycles. The number of primary sulfonamides is 1. The lowest BCUT2D eigenvalue weighted by molar-refractivity contribution is -0.124. The van der Waals surface area contributed by atoms with E-state index < -0.39 is 10.0 Å². The number of amidine groups is 1. The Bertz CT molecular complexity index is 1400. The summed E-state index contributed by atoms with van der Waals surface area (Å²) in [5.41, 5.74) is 2.38. The van der Waals surface area contributed by atoms with Crippen LogP contribution in [0.4, 0.5) is 5.69 Å². The van der Waals surface area contributed by atoms with Crippen LogP contribution >= 0.6 is 11.8 Å². The van der Waals surface area contributed by atoms with Gasteiger partial charge in [0.2, 0.25) is 10.0 Å². The summed E-state index contributed by atoms with van der Waals surface area (Å²) in [5, 5.41) is 6.81. The fourth-order valence-corrected chi connectivity index (χ4v) is 6.00. The Morgan fingerprint density at radius 3 is 2.50 bits per heavy atom. The lowest BCUT2D eigenvalue weighted by Crippen LogP contribution is -2.40. The highest BCUT2D eigenvalue weighted by Gasteiger charge is 2.38. The molecule has 2 aliphatic rings. The first-order valence-electron chi connectivity index (χ1n) is 11.2. The minimum absolute atomic E-state index is 0.0286. The van der Waals surface area contributed by atoms with E-state index in [1.807, 2.05) is 41.3 Å². The van der Waals surface area contributed by atoms with Crippen LogP contribution in [0.25, 0.3) is 17.0 Å². The van der Waals surface area contributed by atoms with Gasteiger partial charge in [-0.15, -0.1) is 0 Å². The van der Waals surface area contributed by atoms with Gasteiger partial charge in [0.1, 0.15) is 0 Å². The second kappa shape index (κ2) is 9.32. The minimum Gasteiger partial charge on any atom is -0.283 e. The van der Waals surface area contributed by atoms with E-state index in [0.717, 1.165) is 42.1 Å². The molecule has 0 bridgehead atoms. The molecule has 2 fully saturated rings. The van der Waals surface area contributed by atoms with Crippen LogP contribution in [0.2, 0.25) is 0 Å². The summed E-state index contributed by atoms with van der Waals surface area (Å²) in [6, 6.07) is 15.9. The van der Waals surface area contributed by atoms with E-state index in [9.17, 15) is 13.2 Å². The number of nitrogens with two attached hydrogens (primary N) is 1. The van der Waals surface area contributed by atoms with Gasteiger partial charge >= 0.3 is 0 Å². The maximum absolute atomic E-state index is 13.6. The number of rotatable bonds is 4. The molecule has 0 spiro atoms. The molecule has 1 saturated heterocycles. The van der Waals surface area contributed by atoms with E-state index in [0.29, 0.717) is 15.8 Å². The monoisotopic (exact) mass is 492 g/mol. The highest BCUT2D eigenvalue weighted by molar-refractivity contribution is 8.18. The molecule has 3 aromatic rings. The molecule has 1 amide bonds. The third-order valence-electron chi connectivity index (χ3n) is 6.14. The molecule has 2 N–H and O–H groups in total. The smallest absolute Gasteiger partial charge is 0.267 e. The van der Waals surface area contributed by atoms with Crippen molar-refractivity contribution in [3.8, 4) is 0 Å². The van der Waals surface area contributed by atoms with Crippen molar-refractivity contribution in [3.63, 3.8) is 0 Å². The second-order valence-corrected chi connectivity index (χ2v) is 11.0. The van der Waals surface area contributed by atoms with Gasteiger partial charge < -0.3 is 0 Å². The third-order valence-corrected chi connectivity index (χ3v) is 8.05. The highest BCUT2D eigenvalue weighted by Crippen LogP contribution is 2.39. The fourth-order valence-electron chi connectivity index (χ4n) is 4.43. The number of amides is 1. The molecule has 0 radical (unpaired) electrons. The van der Waals surface area contributed by atoms with Crippen LogP contribution in [0.1, 0.15) is 37.7 Å². The molecule has 1 aromatic heterocycles. The zero-order chi connectivity index (χ0) is 23.7. The van der Waals surface area contributed by atoms with Crippen LogP contribution in [0.5, 0.6) is 0 Å². The van der Waals surface area contributed by atoms with Crippen molar-refractivity contribution in [2.75, 3.05) is 0 Å². The fraction of sp³-hybridized carbons (Fsp3) is 0.240. The zero-order valence-electron chi connectivity index (χ0n) is 18.4. The van der Waals surface area contributed by atoms with Gasteiger partial charge in [0.15, 0.2) is 5.17 Å². The van der Waals surface area contributed by atoms with Crippen LogP contribution in [-0.4, -0.2) is 35.4 Å². The highest BCUT2D eigenvalue weighted by atomic mass is 32.2. The quantitative estimate of drug-likeness (QED) is 0.526. The second-order valence-electron chi connectivity index (χ2n) is 8.43. The van der Waals surface area contributed by atoms with Gasteiger partial charge in [-0.25, -0.2) is 18.5 Å². The lowest BCUT2D eigenvalue weighted by Gasteiger charge is -2.30. The van der Waals surface area contributed by atoms with Gasteiger partial charge in [-0.1, -0.05) is 37.5 Å². The number of para-hydroxylation sites is 1. The van der Waals surface area contributed by atoms with Gasteiger partial charge in [0, 0.05) is 17.6 Å². The first-order valence-corrected chi connectivity index (χ1v) is 13.5. The number of hydrogen-bond acceptors (Lipinski definition) is 6. The average Bonchev–Trinajstić information content (AvgIpc) is 3.14. The average molecular weight is 493 g/mol. The van der Waals surface area contributed by atoms with E-state index in [1.165, 1.54) is 30.3 Å². The summed E-state index contributed by atoms with van der Waals surface area (Å²) in [5.74, 6) is -0.0438. The van der Waals surface area contributed by atoms with Gasteiger partial charge in [-0.05, 0) is 72.6 Å². The normalized spacial score (nSPS) is 20.0. The Balaban J connectivity index is 1.54. The van der Waals surface area contributed by atoms with Crippen molar-refractivity contribution < 1.29 is 13.2 Å². The maximum atomic E-state index is 13.6. The molecule has 1 aliphatic heterocycles. The van der Waals surface area contributed by atoms with Crippen LogP contribution in [0.3, 0.4) is 0 Å². The number of aromatic nitrogens is 1. The van der Waals surface area contributed by atoms with Gasteiger partial charge in [-0.2, -0.15) is 0 Å². The zero-order valence-corrected chi connectivity index (χ0v) is 20.1. The molecular formula is C25H24N4O3S2. The van der Waals surface area contributed by atoms with Crippen LogP contribution in [0, 0.1) is 0 Å². The molecule has 0 atom stereocenters. The molecule has 0 unspecified atom stereocenters. The van der Waals surface area contributed by atoms with Crippen molar-refractivity contribution in [2.45, 2.75) is 43.0 Å². The summed E-state index contributed by atoms with van der Waals surface area (Å²) in [6.07, 6.45) is 8.91. The molecule has 34 heavy (non-hydrogen) atoms. The predicted octanol–water partition coefficient (Wildman–Crippen LogP) is 4.82. The lowest BCUT2D eigenvalue weighted by atomic mass is 9.94. The number of aliphatic imine (C=N–C) groups is 1. The molecule has 5 rings (SSSR count). The first kappa shape index (κ1) is 22.8. The van der Waals surface area contributed by atoms with Crippen molar-refractivity contribution >= 4 is 55.5 Å². The SMILES string of the molecule is NS(=O)(=O)c1ccc(N=C2SC(=Cc3ccnc4ccccc34)C(=O)N2C2CCCCC2)cc1. The predicted molar refractivity (Wildman–Crippen MR) is 136 cm³/mol.